The third-order valence-electron chi connectivity index (χ3n) is 6.81. The molecule has 156 valence electrons. The van der Waals surface area contributed by atoms with Gasteiger partial charge < -0.3 is 19.7 Å². The molecular formula is C23H29NO4S. The van der Waals surface area contributed by atoms with Crippen LogP contribution in [0.4, 0.5) is 0 Å². The van der Waals surface area contributed by atoms with Crippen molar-refractivity contribution in [2.45, 2.75) is 69.9 Å². The first-order valence-electron chi connectivity index (χ1n) is 10.7. The average molecular weight is 416 g/mol. The van der Waals surface area contributed by atoms with Crippen LogP contribution in [0, 0.1) is 18.8 Å². The topological polar surface area (TPSA) is 71.8 Å². The first-order chi connectivity index (χ1) is 14.1. The monoisotopic (exact) mass is 415 g/mol. The summed E-state index contributed by atoms with van der Waals surface area (Å²) in [5, 5.41) is 22.8. The van der Waals surface area contributed by atoms with Crippen LogP contribution in [0.1, 0.15) is 66.0 Å². The van der Waals surface area contributed by atoms with E-state index in [9.17, 15) is 10.2 Å². The van der Waals surface area contributed by atoms with Gasteiger partial charge in [-0.15, -0.1) is 11.3 Å². The van der Waals surface area contributed by atoms with Crippen molar-refractivity contribution in [1.29, 1.82) is 0 Å². The van der Waals surface area contributed by atoms with Gasteiger partial charge in [-0.3, -0.25) is 0 Å². The largest absolute Gasteiger partial charge is 0.493 e. The number of rotatable bonds is 6. The summed E-state index contributed by atoms with van der Waals surface area (Å²) in [6, 6.07) is 6.40. The second-order valence-corrected chi connectivity index (χ2v) is 9.70. The Kier molecular flexibility index (Phi) is 5.37. The Bertz CT molecular complexity index is 864. The lowest BCUT2D eigenvalue weighted by atomic mass is 9.87. The van der Waals surface area contributed by atoms with E-state index < -0.39 is 0 Å². The molecule has 0 amide bonds. The summed E-state index contributed by atoms with van der Waals surface area (Å²) >= 11 is 1.55. The minimum absolute atomic E-state index is 0.0217. The molecule has 6 heteroatoms. The summed E-state index contributed by atoms with van der Waals surface area (Å²) in [6.07, 6.45) is 4.79. The average Bonchev–Trinajstić information content (AvgIpc) is 3.36. The number of benzene rings is 1. The molecule has 3 aliphatic rings. The Labute approximate surface area is 175 Å². The standard InChI is InChI=1S/C23H29NO4S/c1-13-2-5-16(8-18(13)14-3-4-14)27-11-19-17-6-7-21(28-22(17)9-20(19)26)23-24-15(10-25)12-29-23/h2,5,8,12,14,17,19-22,25-26H,3-4,6-7,9-11H2,1H3/t17-,19-,20+,21-,22+/m1/s1. The quantitative estimate of drug-likeness (QED) is 0.743. The van der Waals surface area contributed by atoms with Crippen molar-refractivity contribution in [2.24, 2.45) is 11.8 Å². The fourth-order valence-electron chi connectivity index (χ4n) is 5.02. The smallest absolute Gasteiger partial charge is 0.122 e. The molecular weight excluding hydrogens is 386 g/mol. The predicted octanol–water partition coefficient (Wildman–Crippen LogP) is 4.12. The maximum atomic E-state index is 10.7. The van der Waals surface area contributed by atoms with Gasteiger partial charge >= 0.3 is 0 Å². The Morgan fingerprint density at radius 1 is 1.24 bits per heavy atom. The number of hydrogen-bond acceptors (Lipinski definition) is 6. The number of ether oxygens (including phenoxy) is 2. The summed E-state index contributed by atoms with van der Waals surface area (Å²) in [5.41, 5.74) is 3.47. The van der Waals surface area contributed by atoms with Gasteiger partial charge in [0.25, 0.3) is 0 Å². The molecule has 5 nitrogen and oxygen atoms in total. The van der Waals surface area contributed by atoms with E-state index in [1.54, 1.807) is 11.3 Å². The molecule has 1 aromatic heterocycles. The Morgan fingerprint density at radius 3 is 2.86 bits per heavy atom. The van der Waals surface area contributed by atoms with E-state index in [1.807, 2.05) is 5.38 Å². The summed E-state index contributed by atoms with van der Waals surface area (Å²) in [4.78, 5) is 4.47. The van der Waals surface area contributed by atoms with Crippen molar-refractivity contribution in [3.63, 3.8) is 0 Å². The Balaban J connectivity index is 1.22. The molecule has 5 rings (SSSR count). The third-order valence-corrected chi connectivity index (χ3v) is 7.80. The first kappa shape index (κ1) is 19.5. The van der Waals surface area contributed by atoms with Crippen LogP contribution in [0.3, 0.4) is 0 Å². The first-order valence-corrected chi connectivity index (χ1v) is 11.6. The van der Waals surface area contributed by atoms with Crippen LogP contribution in [-0.2, 0) is 11.3 Å². The number of aryl methyl sites for hydroxylation is 1. The van der Waals surface area contributed by atoms with E-state index in [0.29, 0.717) is 30.6 Å². The number of hydrogen-bond donors (Lipinski definition) is 2. The number of aliphatic hydroxyl groups excluding tert-OH is 2. The summed E-state index contributed by atoms with van der Waals surface area (Å²) in [6.45, 7) is 2.68. The molecule has 3 fully saturated rings. The van der Waals surface area contributed by atoms with Crippen molar-refractivity contribution < 1.29 is 19.7 Å². The molecule has 2 N–H and O–H groups in total. The molecule has 2 heterocycles. The number of fused-ring (bicyclic) bond motifs is 1. The second kappa shape index (κ2) is 7.99. The zero-order valence-corrected chi connectivity index (χ0v) is 17.6. The van der Waals surface area contributed by atoms with Crippen LogP contribution in [0.5, 0.6) is 5.75 Å². The van der Waals surface area contributed by atoms with Crippen LogP contribution < -0.4 is 4.74 Å². The predicted molar refractivity (Wildman–Crippen MR) is 111 cm³/mol. The highest BCUT2D eigenvalue weighted by atomic mass is 32.1. The van der Waals surface area contributed by atoms with Crippen molar-refractivity contribution in [2.75, 3.05) is 6.61 Å². The second-order valence-electron chi connectivity index (χ2n) is 8.81. The summed E-state index contributed by atoms with van der Waals surface area (Å²) < 4.78 is 12.5. The van der Waals surface area contributed by atoms with Gasteiger partial charge in [-0.2, -0.15) is 0 Å². The van der Waals surface area contributed by atoms with Gasteiger partial charge in [0, 0.05) is 17.7 Å². The Morgan fingerprint density at radius 2 is 2.10 bits per heavy atom. The lowest BCUT2D eigenvalue weighted by Crippen LogP contribution is -2.33. The van der Waals surface area contributed by atoms with Gasteiger partial charge in [0.15, 0.2) is 0 Å². The molecule has 2 aromatic rings. The van der Waals surface area contributed by atoms with Crippen molar-refractivity contribution in [3.8, 4) is 5.75 Å². The van der Waals surface area contributed by atoms with Gasteiger partial charge in [0.2, 0.25) is 0 Å². The van der Waals surface area contributed by atoms with Gasteiger partial charge in [0.1, 0.15) is 16.9 Å². The van der Waals surface area contributed by atoms with Crippen molar-refractivity contribution in [1.82, 2.24) is 4.98 Å². The lowest BCUT2D eigenvalue weighted by Gasteiger charge is -2.33. The van der Waals surface area contributed by atoms with Crippen molar-refractivity contribution in [3.05, 3.63) is 45.4 Å². The van der Waals surface area contributed by atoms with Gasteiger partial charge in [-0.05, 0) is 67.7 Å². The highest BCUT2D eigenvalue weighted by Crippen LogP contribution is 2.46. The van der Waals surface area contributed by atoms with E-state index in [4.69, 9.17) is 9.47 Å². The highest BCUT2D eigenvalue weighted by molar-refractivity contribution is 7.09. The third kappa shape index (κ3) is 3.96. The zero-order valence-electron chi connectivity index (χ0n) is 16.8. The fourth-order valence-corrected chi connectivity index (χ4v) is 5.90. The van der Waals surface area contributed by atoms with E-state index >= 15 is 0 Å². The van der Waals surface area contributed by atoms with Crippen molar-refractivity contribution >= 4 is 11.3 Å². The number of thiazole rings is 1. The SMILES string of the molecule is Cc1ccc(OC[C@@H]2[C@H]3CC[C@H](c4nc(CO)cs4)O[C@H]3C[C@@H]2O)cc1C1CC1. The zero-order chi connectivity index (χ0) is 20.0. The van der Waals surface area contributed by atoms with Crippen LogP contribution in [0.25, 0.3) is 0 Å². The molecule has 1 aromatic carbocycles. The van der Waals surface area contributed by atoms with Crippen LogP contribution in [-0.4, -0.2) is 34.0 Å². The molecule has 0 unspecified atom stereocenters. The van der Waals surface area contributed by atoms with Crippen LogP contribution in [0.2, 0.25) is 0 Å². The number of nitrogens with zero attached hydrogens (tertiary/aromatic N) is 1. The molecule has 0 spiro atoms. The lowest BCUT2D eigenvalue weighted by molar-refractivity contribution is -0.0812. The van der Waals surface area contributed by atoms with Crippen LogP contribution in [0.15, 0.2) is 23.6 Å². The highest BCUT2D eigenvalue weighted by Gasteiger charge is 2.47. The summed E-state index contributed by atoms with van der Waals surface area (Å²) in [7, 11) is 0. The fraction of sp³-hybridized carbons (Fsp3) is 0.609. The van der Waals surface area contributed by atoms with E-state index in [2.05, 4.69) is 30.1 Å². The minimum atomic E-state index is -0.388. The van der Waals surface area contributed by atoms with E-state index in [0.717, 1.165) is 23.6 Å². The maximum absolute atomic E-state index is 10.7. The minimum Gasteiger partial charge on any atom is -0.493 e. The molecule has 2 aliphatic carbocycles. The molecule has 1 saturated heterocycles. The molecule has 2 saturated carbocycles. The van der Waals surface area contributed by atoms with E-state index in [-0.39, 0.29) is 30.8 Å². The number of aromatic nitrogens is 1. The number of aliphatic hydroxyl groups is 2. The molecule has 29 heavy (non-hydrogen) atoms. The van der Waals surface area contributed by atoms with Gasteiger partial charge in [-0.25, -0.2) is 4.98 Å². The summed E-state index contributed by atoms with van der Waals surface area (Å²) in [5.74, 6) is 2.06. The van der Waals surface area contributed by atoms with Crippen LogP contribution >= 0.6 is 11.3 Å². The van der Waals surface area contributed by atoms with Gasteiger partial charge in [0.05, 0.1) is 31.1 Å². The molecule has 1 aliphatic heterocycles. The molecule has 5 atom stereocenters. The molecule has 0 bridgehead atoms. The normalized spacial score (nSPS) is 31.6. The Hall–Kier alpha value is -1.47. The maximum Gasteiger partial charge on any atom is 0.122 e. The van der Waals surface area contributed by atoms with E-state index in [1.165, 1.54) is 24.0 Å². The molecule has 0 radical (unpaired) electrons. The van der Waals surface area contributed by atoms with Gasteiger partial charge in [-0.1, -0.05) is 6.07 Å².